The number of cyclic esters (lactones) is 2. The molecule has 16 heteroatoms. The summed E-state index contributed by atoms with van der Waals surface area (Å²) in [5, 5.41) is 11.8. The number of nitrogens with two attached hydrogens (primary N) is 1. The van der Waals surface area contributed by atoms with Crippen molar-refractivity contribution in [3.05, 3.63) is 107 Å². The topological polar surface area (TPSA) is 202 Å². The summed E-state index contributed by atoms with van der Waals surface area (Å²) in [4.78, 5) is 33.8. The van der Waals surface area contributed by atoms with Gasteiger partial charge >= 0.3 is 11.9 Å². The van der Waals surface area contributed by atoms with E-state index in [0.717, 1.165) is 40.1 Å². The number of methoxy groups -OCH3 is 4. The first-order chi connectivity index (χ1) is 27.9. The molecule has 5 aliphatic heterocycles. The minimum atomic E-state index is -0.785. The van der Waals surface area contributed by atoms with Crippen molar-refractivity contribution in [2.75, 3.05) is 66.3 Å². The summed E-state index contributed by atoms with van der Waals surface area (Å²) in [7, 11) is 6.31. The van der Waals surface area contributed by atoms with Crippen LogP contribution in [-0.4, -0.2) is 78.1 Å². The zero-order chi connectivity index (χ0) is 41.6. The SMILES string of the molecule is COc1cc(OC)cc(C(C)=O)c1.COc1cc(OC)cc(C2(C)C3=C(COC3=O)Nc3cc4c(cc32)OCO4)c1.Nc1ccc2c(c1)OCO2.O=C1C=C(O)CO1. The Labute approximate surface area is 333 Å². The average Bonchev–Trinajstić information content (AvgIpc) is 4.05. The van der Waals surface area contributed by atoms with Crippen molar-refractivity contribution >= 4 is 29.1 Å². The van der Waals surface area contributed by atoms with E-state index in [1.807, 2.05) is 31.2 Å². The standard InChI is InChI=1S/C21H19NO6.C10H12O3.C7H7NO2.C4H4O3/c1-21(11-4-12(24-2)6-13(5-11)25-3)14-7-17-18(28-10-27-17)8-15(14)22-16-9-26-20(23)19(16)21;1-7(11)8-4-9(12-2)6-10(5-8)13-3;8-5-1-2-6-7(3-5)10-4-9-6;5-3-1-4(6)7-2-3/h4-8,22H,9-10H2,1-3H3;4-6H,1-3H3;1-3H,4,8H2;1,5H,2H2. The van der Waals surface area contributed by atoms with Gasteiger partial charge in [0.25, 0.3) is 0 Å². The van der Waals surface area contributed by atoms with Crippen LogP contribution in [0.25, 0.3) is 0 Å². The summed E-state index contributed by atoms with van der Waals surface area (Å²) in [6, 6.07) is 19.9. The third kappa shape index (κ3) is 8.60. The summed E-state index contributed by atoms with van der Waals surface area (Å²) in [5.74, 6) is 4.58. The van der Waals surface area contributed by atoms with Gasteiger partial charge in [0.15, 0.2) is 28.8 Å². The largest absolute Gasteiger partial charge is 0.508 e. The molecule has 9 rings (SSSR count). The number of nitrogens with one attached hydrogen (secondary N) is 1. The number of esters is 2. The number of aliphatic hydroxyl groups is 1. The minimum Gasteiger partial charge on any atom is -0.508 e. The molecule has 0 amide bonds. The first-order valence-electron chi connectivity index (χ1n) is 17.7. The summed E-state index contributed by atoms with van der Waals surface area (Å²) in [6.07, 6.45) is 1.06. The van der Waals surface area contributed by atoms with Crippen LogP contribution in [0.15, 0.2) is 89.8 Å². The molecule has 0 spiro atoms. The van der Waals surface area contributed by atoms with E-state index in [4.69, 9.17) is 53.5 Å². The second-order valence-corrected chi connectivity index (χ2v) is 13.0. The van der Waals surface area contributed by atoms with E-state index in [2.05, 4.69) is 10.1 Å². The zero-order valence-electron chi connectivity index (χ0n) is 32.6. The molecule has 0 aromatic heterocycles. The Hall–Kier alpha value is -7.23. The van der Waals surface area contributed by atoms with E-state index < -0.39 is 11.4 Å². The Morgan fingerprint density at radius 1 is 0.707 bits per heavy atom. The number of nitrogen functional groups attached to an aromatic ring is 1. The van der Waals surface area contributed by atoms with Crippen molar-refractivity contribution in [1.82, 2.24) is 0 Å². The molecule has 0 bridgehead atoms. The van der Waals surface area contributed by atoms with Crippen molar-refractivity contribution in [3.63, 3.8) is 0 Å². The number of fused-ring (bicyclic) bond motifs is 3. The van der Waals surface area contributed by atoms with Crippen LogP contribution in [0, 0.1) is 0 Å². The van der Waals surface area contributed by atoms with Gasteiger partial charge in [-0.3, -0.25) is 4.79 Å². The quantitative estimate of drug-likeness (QED) is 0.119. The summed E-state index contributed by atoms with van der Waals surface area (Å²) in [5.41, 5.74) is 9.93. The van der Waals surface area contributed by atoms with Crippen LogP contribution >= 0.6 is 0 Å². The van der Waals surface area contributed by atoms with Crippen molar-refractivity contribution in [1.29, 1.82) is 0 Å². The summed E-state index contributed by atoms with van der Waals surface area (Å²) in [6.45, 7) is 4.24. The summed E-state index contributed by atoms with van der Waals surface area (Å²) < 4.78 is 51.9. The Morgan fingerprint density at radius 3 is 1.78 bits per heavy atom. The Morgan fingerprint density at radius 2 is 1.26 bits per heavy atom. The van der Waals surface area contributed by atoms with Crippen LogP contribution in [0.3, 0.4) is 0 Å². The maximum atomic E-state index is 12.7. The lowest BCUT2D eigenvalue weighted by Crippen LogP contribution is -2.35. The van der Waals surface area contributed by atoms with E-state index >= 15 is 0 Å². The van der Waals surface area contributed by atoms with Crippen molar-refractivity contribution in [2.24, 2.45) is 0 Å². The van der Waals surface area contributed by atoms with Gasteiger partial charge in [-0.25, -0.2) is 9.59 Å². The molecule has 58 heavy (non-hydrogen) atoms. The fraction of sp³-hybridized carbons (Fsp3) is 0.262. The highest BCUT2D eigenvalue weighted by Gasteiger charge is 2.48. The lowest BCUT2D eigenvalue weighted by Gasteiger charge is -2.37. The normalized spacial score (nSPS) is 17.2. The monoisotopic (exact) mass is 798 g/mol. The van der Waals surface area contributed by atoms with Gasteiger partial charge in [0.05, 0.1) is 51.2 Å². The van der Waals surface area contributed by atoms with Gasteiger partial charge in [0.1, 0.15) is 42.0 Å². The lowest BCUT2D eigenvalue weighted by molar-refractivity contribution is -0.136. The van der Waals surface area contributed by atoms with Gasteiger partial charge in [-0.1, -0.05) is 0 Å². The van der Waals surface area contributed by atoms with Crippen molar-refractivity contribution < 1.29 is 66.9 Å². The molecule has 1 unspecified atom stereocenters. The molecule has 4 aromatic carbocycles. The van der Waals surface area contributed by atoms with Gasteiger partial charge in [-0.05, 0) is 67.4 Å². The highest BCUT2D eigenvalue weighted by atomic mass is 16.7. The molecular weight excluding hydrogens is 756 g/mol. The Balaban J connectivity index is 0.000000155. The zero-order valence-corrected chi connectivity index (χ0v) is 32.6. The molecule has 16 nitrogen and oxygen atoms in total. The number of Topliss-reactive ketones (excluding diaryl/α,β-unsaturated/α-hetero) is 1. The van der Waals surface area contributed by atoms with Gasteiger partial charge < -0.3 is 63.5 Å². The number of anilines is 2. The van der Waals surface area contributed by atoms with Gasteiger partial charge in [-0.2, -0.15) is 0 Å². The van der Waals surface area contributed by atoms with E-state index in [0.29, 0.717) is 58.1 Å². The molecule has 4 aromatic rings. The van der Waals surface area contributed by atoms with Crippen LogP contribution in [-0.2, 0) is 24.5 Å². The number of carbonyl (C=O) groups excluding carboxylic acids is 3. The van der Waals surface area contributed by atoms with Crippen LogP contribution in [0.4, 0.5) is 11.4 Å². The summed E-state index contributed by atoms with van der Waals surface area (Å²) >= 11 is 0. The lowest BCUT2D eigenvalue weighted by atomic mass is 9.68. The number of hydrogen-bond acceptors (Lipinski definition) is 16. The van der Waals surface area contributed by atoms with Gasteiger partial charge in [0, 0.05) is 41.2 Å². The molecule has 0 radical (unpaired) electrons. The molecule has 0 aliphatic carbocycles. The molecule has 5 heterocycles. The molecule has 304 valence electrons. The number of carbonyl (C=O) groups is 3. The number of hydrogen-bond donors (Lipinski definition) is 3. The second-order valence-electron chi connectivity index (χ2n) is 13.0. The van der Waals surface area contributed by atoms with E-state index in [9.17, 15) is 14.4 Å². The molecule has 5 aliphatic rings. The fourth-order valence-electron chi connectivity index (χ4n) is 6.45. The predicted octanol–water partition coefficient (Wildman–Crippen LogP) is 5.86. The van der Waals surface area contributed by atoms with Crippen LogP contribution in [0.1, 0.15) is 35.3 Å². The highest BCUT2D eigenvalue weighted by molar-refractivity contribution is 5.99. The number of benzene rings is 4. The highest BCUT2D eigenvalue weighted by Crippen LogP contribution is 2.53. The molecule has 0 saturated carbocycles. The first-order valence-corrected chi connectivity index (χ1v) is 17.7. The third-order valence-electron chi connectivity index (χ3n) is 9.42. The molecule has 1 atom stereocenters. The molecule has 4 N–H and O–H groups in total. The van der Waals surface area contributed by atoms with Gasteiger partial charge in [0.2, 0.25) is 13.6 Å². The van der Waals surface area contributed by atoms with Crippen molar-refractivity contribution in [2.45, 2.75) is 19.3 Å². The Kier molecular flexibility index (Phi) is 12.0. The number of aliphatic hydroxyl groups excluding tert-OH is 1. The van der Waals surface area contributed by atoms with Crippen LogP contribution in [0.5, 0.6) is 46.0 Å². The number of rotatable bonds is 6. The Bertz CT molecular complexity index is 2260. The third-order valence-corrected chi connectivity index (χ3v) is 9.42. The van der Waals surface area contributed by atoms with E-state index in [1.54, 1.807) is 70.9 Å². The average molecular weight is 799 g/mol. The smallest absolute Gasteiger partial charge is 0.337 e. The maximum absolute atomic E-state index is 12.7. The second kappa shape index (κ2) is 17.3. The van der Waals surface area contributed by atoms with Crippen molar-refractivity contribution in [3.8, 4) is 46.0 Å². The minimum absolute atomic E-state index is 0.00259. The molecule has 0 fully saturated rings. The number of ether oxygens (including phenoxy) is 10. The fourth-order valence-corrected chi connectivity index (χ4v) is 6.45. The maximum Gasteiger partial charge on any atom is 0.337 e. The van der Waals surface area contributed by atoms with Gasteiger partial charge in [-0.15, -0.1) is 0 Å². The van der Waals surface area contributed by atoms with E-state index in [1.165, 1.54) is 6.92 Å². The number of ketones is 1. The van der Waals surface area contributed by atoms with E-state index in [-0.39, 0.29) is 37.5 Å². The van der Waals surface area contributed by atoms with Crippen LogP contribution in [0.2, 0.25) is 0 Å². The first kappa shape index (κ1) is 40.4. The molecular formula is C42H42N2O14. The predicted molar refractivity (Wildman–Crippen MR) is 208 cm³/mol. The molecule has 0 saturated heterocycles. The van der Waals surface area contributed by atoms with Crippen LogP contribution < -0.4 is 48.9 Å².